The summed E-state index contributed by atoms with van der Waals surface area (Å²) in [5.41, 5.74) is 1.38. The zero-order valence-electron chi connectivity index (χ0n) is 14.4. The number of nitrogens with one attached hydrogen (secondary N) is 2. The molecule has 0 spiro atoms. The normalized spacial score (nSPS) is 10.5. The summed E-state index contributed by atoms with van der Waals surface area (Å²) in [6, 6.07) is 14.0. The molecule has 0 fully saturated rings. The predicted molar refractivity (Wildman–Crippen MR) is 99.2 cm³/mol. The maximum absolute atomic E-state index is 12.6. The van der Waals surface area contributed by atoms with Gasteiger partial charge in [-0.05, 0) is 25.1 Å². The molecule has 2 aromatic carbocycles. The number of aromatic nitrogens is 2. The lowest BCUT2D eigenvalue weighted by atomic mass is 10.1. The highest BCUT2D eigenvalue weighted by Crippen LogP contribution is 2.13. The summed E-state index contributed by atoms with van der Waals surface area (Å²) < 4.78 is 1.01. The average molecular weight is 350 g/mol. The van der Waals surface area contributed by atoms with Crippen LogP contribution in [0.5, 0.6) is 0 Å². The monoisotopic (exact) mass is 350 g/mol. The number of carbonyl (C=O) groups excluding carboxylic acids is 2. The molecule has 1 heterocycles. The molecule has 0 aliphatic carbocycles. The first-order valence-corrected chi connectivity index (χ1v) is 8.08. The second-order valence-corrected chi connectivity index (χ2v) is 5.85. The van der Waals surface area contributed by atoms with Gasteiger partial charge >= 0.3 is 0 Å². The highest BCUT2D eigenvalue weighted by atomic mass is 16.2. The smallest absolute Gasteiger partial charge is 0.275 e. The molecular weight excluding hydrogens is 332 g/mol. The van der Waals surface area contributed by atoms with Crippen molar-refractivity contribution in [1.82, 2.24) is 15.1 Å². The van der Waals surface area contributed by atoms with Gasteiger partial charge in [0.15, 0.2) is 5.69 Å². The summed E-state index contributed by atoms with van der Waals surface area (Å²) in [5.74, 6) is -0.824. The molecule has 0 atom stereocenters. The van der Waals surface area contributed by atoms with Crippen LogP contribution in [0.2, 0.25) is 0 Å². The highest BCUT2D eigenvalue weighted by molar-refractivity contribution is 6.04. The molecule has 2 N–H and O–H groups in total. The van der Waals surface area contributed by atoms with E-state index in [0.29, 0.717) is 16.5 Å². The van der Waals surface area contributed by atoms with Crippen molar-refractivity contribution < 1.29 is 9.59 Å². The molecule has 0 saturated carbocycles. The molecule has 2 amide bonds. The molecule has 0 saturated heterocycles. The lowest BCUT2D eigenvalue weighted by Gasteiger charge is -2.10. The zero-order valence-corrected chi connectivity index (χ0v) is 14.4. The minimum absolute atomic E-state index is 0.103. The number of anilines is 1. The van der Waals surface area contributed by atoms with E-state index < -0.39 is 17.4 Å². The molecule has 7 nitrogen and oxygen atoms in total. The molecule has 0 radical (unpaired) electrons. The highest BCUT2D eigenvalue weighted by Gasteiger charge is 2.17. The molecule has 3 rings (SSSR count). The van der Waals surface area contributed by atoms with Gasteiger partial charge in [-0.15, -0.1) is 0 Å². The van der Waals surface area contributed by atoms with Crippen LogP contribution in [0, 0.1) is 6.92 Å². The summed E-state index contributed by atoms with van der Waals surface area (Å²) in [6.45, 7) is 1.66. The van der Waals surface area contributed by atoms with Gasteiger partial charge in [0.05, 0.1) is 5.39 Å². The van der Waals surface area contributed by atoms with Crippen molar-refractivity contribution in [2.75, 3.05) is 12.4 Å². The number of aryl methyl sites for hydroxylation is 1. The van der Waals surface area contributed by atoms with Crippen molar-refractivity contribution in [3.05, 3.63) is 70.1 Å². The number of hydrogen-bond donors (Lipinski definition) is 2. The summed E-state index contributed by atoms with van der Waals surface area (Å²) in [7, 11) is 1.48. The van der Waals surface area contributed by atoms with Gasteiger partial charge in [-0.2, -0.15) is 5.10 Å². The van der Waals surface area contributed by atoms with Gasteiger partial charge in [0, 0.05) is 18.1 Å². The third kappa shape index (κ3) is 3.46. The van der Waals surface area contributed by atoms with Gasteiger partial charge in [-0.1, -0.05) is 35.9 Å². The van der Waals surface area contributed by atoms with Crippen LogP contribution in [0.3, 0.4) is 0 Å². The quantitative estimate of drug-likeness (QED) is 0.749. The van der Waals surface area contributed by atoms with Crippen molar-refractivity contribution in [3.8, 4) is 0 Å². The van der Waals surface area contributed by atoms with Gasteiger partial charge in [0.2, 0.25) is 5.91 Å². The summed E-state index contributed by atoms with van der Waals surface area (Å²) in [6.07, 6.45) is 0. The van der Waals surface area contributed by atoms with Crippen LogP contribution >= 0.6 is 0 Å². The Kier molecular flexibility index (Phi) is 4.79. The van der Waals surface area contributed by atoms with E-state index in [1.165, 1.54) is 7.05 Å². The third-order valence-corrected chi connectivity index (χ3v) is 3.94. The van der Waals surface area contributed by atoms with Gasteiger partial charge in [-0.3, -0.25) is 14.4 Å². The number of nitrogens with zero attached hydrogens (tertiary/aromatic N) is 2. The van der Waals surface area contributed by atoms with Crippen molar-refractivity contribution in [2.24, 2.45) is 0 Å². The van der Waals surface area contributed by atoms with Crippen molar-refractivity contribution in [3.63, 3.8) is 0 Å². The van der Waals surface area contributed by atoms with Crippen LogP contribution in [-0.2, 0) is 11.3 Å². The lowest BCUT2D eigenvalue weighted by molar-refractivity contribution is -0.117. The van der Waals surface area contributed by atoms with Crippen LogP contribution in [0.15, 0.2) is 53.3 Å². The Morgan fingerprint density at radius 1 is 1.04 bits per heavy atom. The van der Waals surface area contributed by atoms with Gasteiger partial charge in [-0.25, -0.2) is 4.68 Å². The molecule has 0 bridgehead atoms. The van der Waals surface area contributed by atoms with E-state index >= 15 is 0 Å². The summed E-state index contributed by atoms with van der Waals surface area (Å²) in [4.78, 5) is 37.0. The first-order chi connectivity index (χ1) is 12.5. The molecule has 7 heteroatoms. The molecule has 0 unspecified atom stereocenters. The number of hydrogen-bond acceptors (Lipinski definition) is 4. The molecule has 26 heavy (non-hydrogen) atoms. The number of amides is 2. The fourth-order valence-electron chi connectivity index (χ4n) is 2.60. The molecule has 0 aliphatic rings. The molecule has 3 aromatic rings. The Bertz CT molecular complexity index is 1040. The maximum Gasteiger partial charge on any atom is 0.275 e. The number of carbonyl (C=O) groups is 2. The average Bonchev–Trinajstić information content (AvgIpc) is 2.65. The fraction of sp³-hybridized carbons (Fsp3) is 0.158. The van der Waals surface area contributed by atoms with Crippen molar-refractivity contribution >= 4 is 28.3 Å². The number of fused-ring (bicyclic) bond motifs is 1. The number of rotatable bonds is 4. The Balaban J connectivity index is 1.95. The number of benzene rings is 2. The van der Waals surface area contributed by atoms with Crippen LogP contribution in [-0.4, -0.2) is 28.6 Å². The SMILES string of the molecule is CNC(=O)c1nn(CC(=O)Nc2ccc(C)cc2)c(=O)c2ccccc12. The Morgan fingerprint density at radius 3 is 2.35 bits per heavy atom. The Morgan fingerprint density at radius 2 is 1.69 bits per heavy atom. The van der Waals surface area contributed by atoms with E-state index in [1.54, 1.807) is 36.4 Å². The van der Waals surface area contributed by atoms with Gasteiger partial charge < -0.3 is 10.6 Å². The Hall–Kier alpha value is -3.48. The van der Waals surface area contributed by atoms with Crippen molar-refractivity contribution in [2.45, 2.75) is 13.5 Å². The molecule has 0 aliphatic heterocycles. The fourth-order valence-corrected chi connectivity index (χ4v) is 2.60. The first-order valence-electron chi connectivity index (χ1n) is 8.08. The van der Waals surface area contributed by atoms with Crippen LogP contribution in [0.1, 0.15) is 16.1 Å². The van der Waals surface area contributed by atoms with Crippen LogP contribution in [0.4, 0.5) is 5.69 Å². The minimum atomic E-state index is -0.424. The first kappa shape index (κ1) is 17.3. The third-order valence-electron chi connectivity index (χ3n) is 3.94. The van der Waals surface area contributed by atoms with E-state index in [2.05, 4.69) is 15.7 Å². The van der Waals surface area contributed by atoms with Gasteiger partial charge in [0.1, 0.15) is 6.54 Å². The van der Waals surface area contributed by atoms with E-state index in [9.17, 15) is 14.4 Å². The summed E-state index contributed by atoms with van der Waals surface area (Å²) in [5, 5.41) is 10.1. The van der Waals surface area contributed by atoms with Crippen LogP contribution in [0.25, 0.3) is 10.8 Å². The van der Waals surface area contributed by atoms with E-state index in [0.717, 1.165) is 10.2 Å². The second-order valence-electron chi connectivity index (χ2n) is 5.85. The van der Waals surface area contributed by atoms with Gasteiger partial charge in [0.25, 0.3) is 11.5 Å². The zero-order chi connectivity index (χ0) is 18.7. The topological polar surface area (TPSA) is 93.1 Å². The molecule has 132 valence electrons. The van der Waals surface area contributed by atoms with E-state index in [-0.39, 0.29) is 12.2 Å². The van der Waals surface area contributed by atoms with Crippen LogP contribution < -0.4 is 16.2 Å². The van der Waals surface area contributed by atoms with Crippen molar-refractivity contribution in [1.29, 1.82) is 0 Å². The molecular formula is C19H18N4O3. The predicted octanol–water partition coefficient (Wildman–Crippen LogP) is 1.70. The lowest BCUT2D eigenvalue weighted by Crippen LogP contribution is -2.33. The maximum atomic E-state index is 12.6. The minimum Gasteiger partial charge on any atom is -0.354 e. The standard InChI is InChI=1S/C19H18N4O3/c1-12-7-9-13(10-8-12)21-16(24)11-23-19(26)15-6-4-3-5-14(15)17(22-23)18(25)20-2/h3-10H,11H2,1-2H3,(H,20,25)(H,21,24). The van der Waals surface area contributed by atoms with E-state index in [1.807, 2.05) is 19.1 Å². The van der Waals surface area contributed by atoms with E-state index in [4.69, 9.17) is 0 Å². The summed E-state index contributed by atoms with van der Waals surface area (Å²) >= 11 is 0. The Labute approximate surface area is 149 Å². The largest absolute Gasteiger partial charge is 0.354 e. The molecule has 1 aromatic heterocycles. The second kappa shape index (κ2) is 7.18.